The van der Waals surface area contributed by atoms with E-state index in [1.165, 1.54) is 11.3 Å². The van der Waals surface area contributed by atoms with E-state index < -0.39 is 9.84 Å². The smallest absolute Gasteiger partial charge is 0.226 e. The number of ether oxygens (including phenoxy) is 1. The molecule has 9 heteroatoms. The lowest BCUT2D eigenvalue weighted by Gasteiger charge is -2.04. The second kappa shape index (κ2) is 9.82. The number of amides is 1. The molecule has 0 spiro atoms. The Hall–Kier alpha value is -2.78. The van der Waals surface area contributed by atoms with Gasteiger partial charge in [-0.05, 0) is 43.2 Å². The fourth-order valence-corrected chi connectivity index (χ4v) is 4.86. The van der Waals surface area contributed by atoms with Crippen molar-refractivity contribution in [2.24, 2.45) is 0 Å². The summed E-state index contributed by atoms with van der Waals surface area (Å²) in [4.78, 5) is 12.5. The third-order valence-corrected chi connectivity index (χ3v) is 7.11. The van der Waals surface area contributed by atoms with Crippen molar-refractivity contribution in [3.05, 3.63) is 64.7 Å². The van der Waals surface area contributed by atoms with Gasteiger partial charge in [0, 0.05) is 12.8 Å². The minimum absolute atomic E-state index is 0.0594. The van der Waals surface area contributed by atoms with Gasteiger partial charge in [0.25, 0.3) is 0 Å². The first-order chi connectivity index (χ1) is 14.4. The molecule has 0 aliphatic heterocycles. The van der Waals surface area contributed by atoms with Gasteiger partial charge in [-0.25, -0.2) is 8.42 Å². The Kier molecular flexibility index (Phi) is 7.17. The molecule has 7 nitrogen and oxygen atoms in total. The van der Waals surface area contributed by atoms with E-state index in [2.05, 4.69) is 15.5 Å². The number of benzene rings is 2. The summed E-state index contributed by atoms with van der Waals surface area (Å²) in [6.45, 7) is 1.91. The average Bonchev–Trinajstić information content (AvgIpc) is 3.19. The highest BCUT2D eigenvalue weighted by molar-refractivity contribution is 7.91. The zero-order valence-electron chi connectivity index (χ0n) is 16.8. The van der Waals surface area contributed by atoms with Crippen LogP contribution in [0.3, 0.4) is 0 Å². The minimum Gasteiger partial charge on any atom is -0.497 e. The largest absolute Gasteiger partial charge is 0.497 e. The van der Waals surface area contributed by atoms with E-state index in [0.29, 0.717) is 27.9 Å². The third-order valence-electron chi connectivity index (χ3n) is 4.48. The van der Waals surface area contributed by atoms with Crippen LogP contribution < -0.4 is 10.1 Å². The Balaban J connectivity index is 1.49. The van der Waals surface area contributed by atoms with Crippen molar-refractivity contribution in [2.45, 2.75) is 31.1 Å². The van der Waals surface area contributed by atoms with E-state index >= 15 is 0 Å². The number of methoxy groups -OCH3 is 1. The topological polar surface area (TPSA) is 98.2 Å². The zero-order valence-corrected chi connectivity index (χ0v) is 18.4. The first-order valence-electron chi connectivity index (χ1n) is 9.40. The molecule has 0 bridgehead atoms. The van der Waals surface area contributed by atoms with Crippen LogP contribution in [0.15, 0.2) is 53.4 Å². The van der Waals surface area contributed by atoms with Crippen LogP contribution in [-0.4, -0.2) is 37.4 Å². The number of nitrogens with zero attached hydrogens (tertiary/aromatic N) is 2. The van der Waals surface area contributed by atoms with Crippen molar-refractivity contribution in [3.63, 3.8) is 0 Å². The van der Waals surface area contributed by atoms with E-state index in [9.17, 15) is 13.2 Å². The van der Waals surface area contributed by atoms with Gasteiger partial charge in [-0.1, -0.05) is 41.2 Å². The van der Waals surface area contributed by atoms with Crippen LogP contribution in [-0.2, 0) is 27.5 Å². The SMILES string of the molecule is COc1ccc(CCC(=O)Nc2nnc(CCS(=O)(=O)c3ccc(C)cc3)s2)cc1. The Bertz CT molecular complexity index is 1090. The van der Waals surface area contributed by atoms with E-state index in [1.54, 1.807) is 31.4 Å². The molecule has 158 valence electrons. The van der Waals surface area contributed by atoms with Gasteiger partial charge in [0.15, 0.2) is 9.84 Å². The molecule has 3 aromatic rings. The number of aryl methyl sites for hydroxylation is 3. The summed E-state index contributed by atoms with van der Waals surface area (Å²) in [7, 11) is -1.78. The molecule has 1 heterocycles. The Morgan fingerprint density at radius 3 is 2.40 bits per heavy atom. The number of carbonyl (C=O) groups is 1. The van der Waals surface area contributed by atoms with E-state index in [1.807, 2.05) is 31.2 Å². The average molecular weight is 446 g/mol. The second-order valence-electron chi connectivity index (χ2n) is 6.78. The highest BCUT2D eigenvalue weighted by atomic mass is 32.2. The first-order valence-corrected chi connectivity index (χ1v) is 11.9. The molecule has 0 fully saturated rings. The lowest BCUT2D eigenvalue weighted by molar-refractivity contribution is -0.116. The minimum atomic E-state index is -3.39. The van der Waals surface area contributed by atoms with Crippen molar-refractivity contribution in [1.29, 1.82) is 0 Å². The molecule has 3 rings (SSSR count). The van der Waals surface area contributed by atoms with Gasteiger partial charge in [-0.3, -0.25) is 4.79 Å². The van der Waals surface area contributed by atoms with Crippen LogP contribution in [0.2, 0.25) is 0 Å². The van der Waals surface area contributed by atoms with E-state index in [-0.39, 0.29) is 18.1 Å². The third kappa shape index (κ3) is 6.11. The van der Waals surface area contributed by atoms with Gasteiger partial charge >= 0.3 is 0 Å². The molecular formula is C21H23N3O4S2. The molecule has 1 N–H and O–H groups in total. The summed E-state index contributed by atoms with van der Waals surface area (Å²) < 4.78 is 30.0. The van der Waals surface area contributed by atoms with Gasteiger partial charge in [-0.15, -0.1) is 10.2 Å². The quantitative estimate of drug-likeness (QED) is 0.542. The fraction of sp³-hybridized carbons (Fsp3) is 0.286. The molecule has 0 unspecified atom stereocenters. The molecule has 0 aliphatic rings. The Morgan fingerprint density at radius 2 is 1.73 bits per heavy atom. The molecule has 0 saturated carbocycles. The number of nitrogens with one attached hydrogen (secondary N) is 1. The van der Waals surface area contributed by atoms with Crippen molar-refractivity contribution in [3.8, 4) is 5.75 Å². The number of anilines is 1. The van der Waals surface area contributed by atoms with Crippen molar-refractivity contribution < 1.29 is 17.9 Å². The molecule has 1 amide bonds. The van der Waals surface area contributed by atoms with Crippen LogP contribution >= 0.6 is 11.3 Å². The molecular weight excluding hydrogens is 422 g/mol. The summed E-state index contributed by atoms with van der Waals surface area (Å²) >= 11 is 1.19. The molecule has 2 aromatic carbocycles. The standard InChI is InChI=1S/C21H23N3O4S2/c1-15-3-10-18(11-4-15)30(26,27)14-13-20-23-24-21(29-20)22-19(25)12-7-16-5-8-17(28-2)9-6-16/h3-6,8-11H,7,12-14H2,1-2H3,(H,22,24,25). The van der Waals surface area contributed by atoms with Crippen molar-refractivity contribution in [2.75, 3.05) is 18.2 Å². The van der Waals surface area contributed by atoms with Crippen molar-refractivity contribution in [1.82, 2.24) is 10.2 Å². The number of hydrogen-bond acceptors (Lipinski definition) is 7. The summed E-state index contributed by atoms with van der Waals surface area (Å²) in [5, 5.41) is 11.6. The highest BCUT2D eigenvalue weighted by Crippen LogP contribution is 2.19. The Morgan fingerprint density at radius 1 is 1.03 bits per heavy atom. The zero-order chi connectivity index (χ0) is 21.6. The molecule has 0 aliphatic carbocycles. The molecule has 30 heavy (non-hydrogen) atoms. The van der Waals surface area contributed by atoms with Gasteiger partial charge in [-0.2, -0.15) is 0 Å². The molecule has 0 atom stereocenters. The molecule has 1 aromatic heterocycles. The molecule has 0 saturated heterocycles. The lowest BCUT2D eigenvalue weighted by atomic mass is 10.1. The van der Waals surface area contributed by atoms with Crippen LogP contribution in [0.4, 0.5) is 5.13 Å². The maximum absolute atomic E-state index is 12.4. The van der Waals surface area contributed by atoms with Crippen LogP contribution in [0.1, 0.15) is 22.6 Å². The predicted octanol–water partition coefficient (Wildman–Crippen LogP) is 3.44. The fourth-order valence-electron chi connectivity index (χ4n) is 2.72. The van der Waals surface area contributed by atoms with Gasteiger partial charge in [0.1, 0.15) is 10.8 Å². The monoisotopic (exact) mass is 445 g/mol. The van der Waals surface area contributed by atoms with Crippen LogP contribution in [0.5, 0.6) is 5.75 Å². The number of sulfone groups is 1. The van der Waals surface area contributed by atoms with Crippen LogP contribution in [0, 0.1) is 6.92 Å². The summed E-state index contributed by atoms with van der Waals surface area (Å²) in [5.74, 6) is 0.547. The van der Waals surface area contributed by atoms with Gasteiger partial charge in [0.05, 0.1) is 17.8 Å². The number of rotatable bonds is 9. The predicted molar refractivity (Wildman–Crippen MR) is 117 cm³/mol. The molecule has 0 radical (unpaired) electrons. The maximum Gasteiger partial charge on any atom is 0.226 e. The van der Waals surface area contributed by atoms with E-state index in [4.69, 9.17) is 4.74 Å². The summed E-state index contributed by atoms with van der Waals surface area (Å²) in [6, 6.07) is 14.3. The number of carbonyl (C=O) groups excluding carboxylic acids is 1. The van der Waals surface area contributed by atoms with E-state index in [0.717, 1.165) is 16.9 Å². The van der Waals surface area contributed by atoms with Gasteiger partial charge in [0.2, 0.25) is 11.0 Å². The first kappa shape index (κ1) is 21.9. The van der Waals surface area contributed by atoms with Gasteiger partial charge < -0.3 is 10.1 Å². The summed E-state index contributed by atoms with van der Waals surface area (Å²) in [5.41, 5.74) is 2.04. The number of aromatic nitrogens is 2. The lowest BCUT2D eigenvalue weighted by Crippen LogP contribution is -2.12. The Labute approximate surface area is 180 Å². The normalized spacial score (nSPS) is 11.3. The van der Waals surface area contributed by atoms with Crippen LogP contribution in [0.25, 0.3) is 0 Å². The highest BCUT2D eigenvalue weighted by Gasteiger charge is 2.16. The maximum atomic E-state index is 12.4. The summed E-state index contributed by atoms with van der Waals surface area (Å²) in [6.07, 6.45) is 1.15. The number of hydrogen-bond donors (Lipinski definition) is 1. The van der Waals surface area contributed by atoms with Crippen molar-refractivity contribution >= 4 is 32.2 Å². The second-order valence-corrected chi connectivity index (χ2v) is 9.95.